The minimum absolute atomic E-state index is 1.16. The lowest BCUT2D eigenvalue weighted by Gasteiger charge is -2.07. The first kappa shape index (κ1) is 13.2. The van der Waals surface area contributed by atoms with Crippen molar-refractivity contribution >= 4 is 0 Å². The van der Waals surface area contributed by atoms with Crippen molar-refractivity contribution in [2.75, 3.05) is 13.1 Å². The van der Waals surface area contributed by atoms with E-state index in [0.29, 0.717) is 0 Å². The monoisotopic (exact) mass is 219 g/mol. The Morgan fingerprint density at radius 2 is 1.69 bits per heavy atom. The predicted molar refractivity (Wildman–Crippen MR) is 71.9 cm³/mol. The molecule has 0 spiro atoms. The van der Waals surface area contributed by atoms with E-state index in [1.165, 1.54) is 37.8 Å². The minimum atomic E-state index is 1.16. The van der Waals surface area contributed by atoms with Crippen LogP contribution in [0.3, 0.4) is 0 Å². The summed E-state index contributed by atoms with van der Waals surface area (Å²) in [5, 5.41) is 3.45. The third-order valence-corrected chi connectivity index (χ3v) is 2.98. The molecule has 0 bridgehead atoms. The molecule has 1 aromatic carbocycles. The fraction of sp³-hybridized carbons (Fsp3) is 0.600. The van der Waals surface area contributed by atoms with Crippen LogP contribution in [-0.4, -0.2) is 13.1 Å². The van der Waals surface area contributed by atoms with Gasteiger partial charge in [0.15, 0.2) is 0 Å². The summed E-state index contributed by atoms with van der Waals surface area (Å²) >= 11 is 0. The molecule has 0 aliphatic heterocycles. The van der Waals surface area contributed by atoms with E-state index >= 15 is 0 Å². The maximum absolute atomic E-state index is 3.45. The SMILES string of the molecule is CCCNCCCCc1ccccc1CC. The Labute approximate surface area is 100 Å². The lowest BCUT2D eigenvalue weighted by atomic mass is 10.0. The second-order valence-electron chi connectivity index (χ2n) is 4.33. The Balaban J connectivity index is 2.21. The van der Waals surface area contributed by atoms with E-state index < -0.39 is 0 Å². The van der Waals surface area contributed by atoms with Gasteiger partial charge in [-0.05, 0) is 56.3 Å². The van der Waals surface area contributed by atoms with Crippen LogP contribution in [0.15, 0.2) is 24.3 Å². The topological polar surface area (TPSA) is 12.0 Å². The Morgan fingerprint density at radius 1 is 0.938 bits per heavy atom. The van der Waals surface area contributed by atoms with Crippen molar-refractivity contribution in [3.63, 3.8) is 0 Å². The van der Waals surface area contributed by atoms with Gasteiger partial charge in [0.1, 0.15) is 0 Å². The van der Waals surface area contributed by atoms with Crippen LogP contribution >= 0.6 is 0 Å². The number of unbranched alkanes of at least 4 members (excludes halogenated alkanes) is 1. The van der Waals surface area contributed by atoms with E-state index in [1.54, 1.807) is 5.56 Å². The zero-order valence-corrected chi connectivity index (χ0v) is 10.8. The summed E-state index contributed by atoms with van der Waals surface area (Å²) in [4.78, 5) is 0. The molecule has 1 N–H and O–H groups in total. The van der Waals surface area contributed by atoms with Crippen molar-refractivity contribution in [3.8, 4) is 0 Å². The molecule has 0 atom stereocenters. The van der Waals surface area contributed by atoms with Gasteiger partial charge in [0.2, 0.25) is 0 Å². The number of rotatable bonds is 8. The molecule has 0 saturated heterocycles. The smallest absolute Gasteiger partial charge is 0.00488 e. The van der Waals surface area contributed by atoms with Crippen molar-refractivity contribution in [1.29, 1.82) is 0 Å². The Morgan fingerprint density at radius 3 is 2.38 bits per heavy atom. The van der Waals surface area contributed by atoms with Crippen molar-refractivity contribution in [2.45, 2.75) is 46.0 Å². The molecule has 1 rings (SSSR count). The van der Waals surface area contributed by atoms with Gasteiger partial charge < -0.3 is 5.32 Å². The average Bonchev–Trinajstić information content (AvgIpc) is 2.34. The zero-order chi connectivity index (χ0) is 11.6. The lowest BCUT2D eigenvalue weighted by molar-refractivity contribution is 0.616. The van der Waals surface area contributed by atoms with Crippen LogP contribution in [0, 0.1) is 0 Å². The second kappa shape index (κ2) is 8.35. The predicted octanol–water partition coefficient (Wildman–Crippen LogP) is 3.57. The van der Waals surface area contributed by atoms with Crippen LogP contribution in [0.2, 0.25) is 0 Å². The standard InChI is InChI=1S/C15H25N/c1-3-12-16-13-8-7-11-15-10-6-5-9-14(15)4-2/h5-6,9-10,16H,3-4,7-8,11-13H2,1-2H3. The van der Waals surface area contributed by atoms with Crippen molar-refractivity contribution in [2.24, 2.45) is 0 Å². The van der Waals surface area contributed by atoms with Gasteiger partial charge in [0.05, 0.1) is 0 Å². The molecule has 0 heterocycles. The molecule has 90 valence electrons. The van der Waals surface area contributed by atoms with Crippen LogP contribution in [-0.2, 0) is 12.8 Å². The maximum Gasteiger partial charge on any atom is -0.00488 e. The normalized spacial score (nSPS) is 10.6. The third kappa shape index (κ3) is 4.80. The number of hydrogen-bond donors (Lipinski definition) is 1. The first-order valence-electron chi connectivity index (χ1n) is 6.66. The number of benzene rings is 1. The minimum Gasteiger partial charge on any atom is -0.317 e. The molecule has 1 nitrogen and oxygen atoms in total. The first-order chi connectivity index (χ1) is 7.88. The summed E-state index contributed by atoms with van der Waals surface area (Å²) in [5.74, 6) is 0. The molecule has 1 aromatic rings. The highest BCUT2D eigenvalue weighted by Gasteiger charge is 1.98. The van der Waals surface area contributed by atoms with Crippen LogP contribution < -0.4 is 5.32 Å². The number of nitrogens with one attached hydrogen (secondary N) is 1. The van der Waals surface area contributed by atoms with Gasteiger partial charge in [0, 0.05) is 0 Å². The van der Waals surface area contributed by atoms with Crippen LogP contribution in [0.25, 0.3) is 0 Å². The van der Waals surface area contributed by atoms with Crippen molar-refractivity contribution in [1.82, 2.24) is 5.32 Å². The van der Waals surface area contributed by atoms with E-state index in [9.17, 15) is 0 Å². The molecular weight excluding hydrogens is 194 g/mol. The van der Waals surface area contributed by atoms with Gasteiger partial charge >= 0.3 is 0 Å². The molecule has 0 unspecified atom stereocenters. The van der Waals surface area contributed by atoms with Crippen LogP contribution in [0.1, 0.15) is 44.2 Å². The summed E-state index contributed by atoms with van der Waals surface area (Å²) in [6, 6.07) is 8.83. The summed E-state index contributed by atoms with van der Waals surface area (Å²) in [6.45, 7) is 6.78. The van der Waals surface area contributed by atoms with E-state index in [2.05, 4.69) is 43.4 Å². The number of aryl methyl sites for hydroxylation is 2. The summed E-state index contributed by atoms with van der Waals surface area (Å²) in [7, 11) is 0. The largest absolute Gasteiger partial charge is 0.317 e. The highest BCUT2D eigenvalue weighted by atomic mass is 14.8. The van der Waals surface area contributed by atoms with E-state index in [1.807, 2.05) is 0 Å². The van der Waals surface area contributed by atoms with Gasteiger partial charge in [-0.25, -0.2) is 0 Å². The van der Waals surface area contributed by atoms with Gasteiger partial charge in [-0.2, -0.15) is 0 Å². The van der Waals surface area contributed by atoms with E-state index in [-0.39, 0.29) is 0 Å². The third-order valence-electron chi connectivity index (χ3n) is 2.98. The quantitative estimate of drug-likeness (QED) is 0.659. The Bertz CT molecular complexity index is 281. The first-order valence-corrected chi connectivity index (χ1v) is 6.66. The Hall–Kier alpha value is -0.820. The lowest BCUT2D eigenvalue weighted by Crippen LogP contribution is -2.15. The highest BCUT2D eigenvalue weighted by Crippen LogP contribution is 2.12. The molecule has 16 heavy (non-hydrogen) atoms. The van der Waals surface area contributed by atoms with E-state index in [0.717, 1.165) is 13.0 Å². The average molecular weight is 219 g/mol. The maximum atomic E-state index is 3.45. The molecular formula is C15H25N. The summed E-state index contributed by atoms with van der Waals surface area (Å²) in [6.07, 6.45) is 6.21. The molecule has 0 amide bonds. The molecule has 1 heteroatoms. The molecule has 0 aliphatic carbocycles. The van der Waals surface area contributed by atoms with Crippen LogP contribution in [0.5, 0.6) is 0 Å². The fourth-order valence-corrected chi connectivity index (χ4v) is 2.01. The zero-order valence-electron chi connectivity index (χ0n) is 10.8. The summed E-state index contributed by atoms with van der Waals surface area (Å²) < 4.78 is 0. The van der Waals surface area contributed by atoms with E-state index in [4.69, 9.17) is 0 Å². The van der Waals surface area contributed by atoms with Crippen LogP contribution in [0.4, 0.5) is 0 Å². The molecule has 0 fully saturated rings. The molecule has 0 radical (unpaired) electrons. The van der Waals surface area contributed by atoms with Crippen molar-refractivity contribution in [3.05, 3.63) is 35.4 Å². The molecule has 0 aliphatic rings. The van der Waals surface area contributed by atoms with Crippen molar-refractivity contribution < 1.29 is 0 Å². The number of hydrogen-bond acceptors (Lipinski definition) is 1. The second-order valence-corrected chi connectivity index (χ2v) is 4.33. The fourth-order valence-electron chi connectivity index (χ4n) is 2.01. The molecule has 0 saturated carbocycles. The van der Waals surface area contributed by atoms with Gasteiger partial charge in [-0.15, -0.1) is 0 Å². The molecule has 0 aromatic heterocycles. The Kier molecular flexibility index (Phi) is 6.91. The highest BCUT2D eigenvalue weighted by molar-refractivity contribution is 5.26. The van der Waals surface area contributed by atoms with Gasteiger partial charge in [-0.3, -0.25) is 0 Å². The van der Waals surface area contributed by atoms with Gasteiger partial charge in [-0.1, -0.05) is 38.1 Å². The van der Waals surface area contributed by atoms with Gasteiger partial charge in [0.25, 0.3) is 0 Å². The summed E-state index contributed by atoms with van der Waals surface area (Å²) in [5.41, 5.74) is 3.06.